The van der Waals surface area contributed by atoms with Gasteiger partial charge in [-0.3, -0.25) is 0 Å². The van der Waals surface area contributed by atoms with E-state index in [0.717, 1.165) is 12.6 Å². The van der Waals surface area contributed by atoms with Gasteiger partial charge in [-0.05, 0) is 13.0 Å². The number of aromatic nitrogens is 2. The highest BCUT2D eigenvalue weighted by Crippen LogP contribution is 2.19. The Hall–Kier alpha value is -1.47. The van der Waals surface area contributed by atoms with Crippen LogP contribution >= 0.6 is 0 Å². The van der Waals surface area contributed by atoms with E-state index in [1.165, 1.54) is 7.11 Å². The van der Waals surface area contributed by atoms with Gasteiger partial charge in [-0.25, -0.2) is 4.98 Å². The lowest BCUT2D eigenvalue weighted by Gasteiger charge is -2.32. The third kappa shape index (κ3) is 2.85. The molecule has 7 heteroatoms. The molecule has 0 bridgehead atoms. The van der Waals surface area contributed by atoms with Gasteiger partial charge in [0.2, 0.25) is 11.8 Å². The number of hydrogen-bond acceptors (Lipinski definition) is 6. The number of nitrogens with zero attached hydrogens (tertiary/aromatic N) is 3. The van der Waals surface area contributed by atoms with Crippen LogP contribution in [-0.2, 0) is 4.74 Å². The Kier molecular flexibility index (Phi) is 4.27. The number of ether oxygens (including phenoxy) is 2. The van der Waals surface area contributed by atoms with Crippen LogP contribution in [0.3, 0.4) is 0 Å². The zero-order valence-corrected chi connectivity index (χ0v) is 10.3. The largest absolute Gasteiger partial charge is 0.479 e. The van der Waals surface area contributed by atoms with E-state index in [4.69, 9.17) is 15.2 Å². The number of nitrogens with two attached hydrogens (primary N) is 1. The topological polar surface area (TPSA) is 73.5 Å². The number of morpholine rings is 1. The molecule has 0 radical (unpaired) electrons. The smallest absolute Gasteiger partial charge is 0.255 e. The average molecular weight is 256 g/mol. The average Bonchev–Trinajstić information content (AvgIpc) is 2.40. The van der Waals surface area contributed by atoms with Crippen molar-refractivity contribution in [3.63, 3.8) is 0 Å². The SMILES string of the molecule is COc1nc(N2CCO[C@@H](CCN)C2)ncc1F. The first-order valence-electron chi connectivity index (χ1n) is 5.87. The third-order valence-electron chi connectivity index (χ3n) is 2.80. The standard InChI is InChI=1S/C11H17FN4O2/c1-17-10-9(12)6-14-11(15-10)16-4-5-18-8(7-16)2-3-13/h6,8H,2-5,7,13H2,1H3/t8-/m0/s1. The quantitative estimate of drug-likeness (QED) is 0.828. The molecule has 18 heavy (non-hydrogen) atoms. The Bertz CT molecular complexity index is 403. The first-order valence-corrected chi connectivity index (χ1v) is 5.87. The lowest BCUT2D eigenvalue weighted by molar-refractivity contribution is 0.0363. The molecular formula is C11H17FN4O2. The van der Waals surface area contributed by atoms with Gasteiger partial charge >= 0.3 is 0 Å². The van der Waals surface area contributed by atoms with Gasteiger partial charge in [0.05, 0.1) is 26.0 Å². The van der Waals surface area contributed by atoms with E-state index in [9.17, 15) is 4.39 Å². The molecule has 0 saturated carbocycles. The van der Waals surface area contributed by atoms with E-state index in [2.05, 4.69) is 9.97 Å². The predicted octanol–water partition coefficient (Wildman–Crippen LogP) is 0.178. The van der Waals surface area contributed by atoms with Crippen LogP contribution in [-0.4, -0.2) is 49.4 Å². The van der Waals surface area contributed by atoms with E-state index in [0.29, 0.717) is 32.2 Å². The van der Waals surface area contributed by atoms with Crippen molar-refractivity contribution in [2.45, 2.75) is 12.5 Å². The molecule has 1 aromatic rings. The second-order valence-electron chi connectivity index (χ2n) is 4.04. The fourth-order valence-electron chi connectivity index (χ4n) is 1.90. The summed E-state index contributed by atoms with van der Waals surface area (Å²) in [5, 5.41) is 0. The molecule has 6 nitrogen and oxygen atoms in total. The molecule has 2 N–H and O–H groups in total. The van der Waals surface area contributed by atoms with Crippen molar-refractivity contribution in [1.82, 2.24) is 9.97 Å². The summed E-state index contributed by atoms with van der Waals surface area (Å²) in [7, 11) is 1.38. The fourth-order valence-corrected chi connectivity index (χ4v) is 1.90. The molecular weight excluding hydrogens is 239 g/mol. The highest BCUT2D eigenvalue weighted by Gasteiger charge is 2.22. The highest BCUT2D eigenvalue weighted by molar-refractivity contribution is 5.33. The van der Waals surface area contributed by atoms with Crippen molar-refractivity contribution in [1.29, 1.82) is 0 Å². The van der Waals surface area contributed by atoms with Gasteiger partial charge in [-0.1, -0.05) is 0 Å². The van der Waals surface area contributed by atoms with Crippen LogP contribution < -0.4 is 15.4 Å². The van der Waals surface area contributed by atoms with Crippen LogP contribution in [0.4, 0.5) is 10.3 Å². The van der Waals surface area contributed by atoms with Crippen LogP contribution in [0.5, 0.6) is 5.88 Å². The third-order valence-corrected chi connectivity index (χ3v) is 2.80. The normalized spacial score (nSPS) is 19.9. The Morgan fingerprint density at radius 1 is 1.67 bits per heavy atom. The van der Waals surface area contributed by atoms with Crippen LogP contribution in [0.1, 0.15) is 6.42 Å². The molecule has 1 atom stereocenters. The van der Waals surface area contributed by atoms with Gasteiger partial charge in [-0.15, -0.1) is 0 Å². The monoisotopic (exact) mass is 256 g/mol. The van der Waals surface area contributed by atoms with E-state index < -0.39 is 5.82 Å². The van der Waals surface area contributed by atoms with Crippen molar-refractivity contribution in [2.75, 3.05) is 38.3 Å². The second-order valence-corrected chi connectivity index (χ2v) is 4.04. The molecule has 0 aliphatic carbocycles. The van der Waals surface area contributed by atoms with Gasteiger partial charge in [0.15, 0.2) is 0 Å². The first-order chi connectivity index (χ1) is 8.74. The summed E-state index contributed by atoms with van der Waals surface area (Å²) in [4.78, 5) is 9.97. The summed E-state index contributed by atoms with van der Waals surface area (Å²) in [6.07, 6.45) is 1.98. The number of hydrogen-bond donors (Lipinski definition) is 1. The van der Waals surface area contributed by atoms with Crippen molar-refractivity contribution < 1.29 is 13.9 Å². The maximum atomic E-state index is 13.2. The van der Waals surface area contributed by atoms with Crippen molar-refractivity contribution >= 4 is 5.95 Å². The number of methoxy groups -OCH3 is 1. The summed E-state index contributed by atoms with van der Waals surface area (Å²) < 4.78 is 23.6. The maximum Gasteiger partial charge on any atom is 0.255 e. The predicted molar refractivity (Wildman–Crippen MR) is 64.2 cm³/mol. The van der Waals surface area contributed by atoms with Crippen LogP contribution in [0.2, 0.25) is 0 Å². The van der Waals surface area contributed by atoms with E-state index in [1.807, 2.05) is 4.90 Å². The Balaban J connectivity index is 2.10. The summed E-state index contributed by atoms with van der Waals surface area (Å²) in [6.45, 7) is 2.50. The minimum absolute atomic E-state index is 0.0399. The highest BCUT2D eigenvalue weighted by atomic mass is 19.1. The molecule has 1 saturated heterocycles. The number of halogens is 1. The second kappa shape index (κ2) is 5.92. The van der Waals surface area contributed by atoms with E-state index >= 15 is 0 Å². The Morgan fingerprint density at radius 2 is 2.50 bits per heavy atom. The molecule has 2 heterocycles. The van der Waals surface area contributed by atoms with E-state index in [-0.39, 0.29) is 12.0 Å². The number of anilines is 1. The molecule has 0 unspecified atom stereocenters. The van der Waals surface area contributed by atoms with Gasteiger partial charge in [0, 0.05) is 13.1 Å². The number of rotatable bonds is 4. The van der Waals surface area contributed by atoms with Crippen LogP contribution in [0, 0.1) is 5.82 Å². The lowest BCUT2D eigenvalue weighted by Crippen LogP contribution is -2.44. The zero-order chi connectivity index (χ0) is 13.0. The molecule has 100 valence electrons. The minimum Gasteiger partial charge on any atom is -0.479 e. The zero-order valence-electron chi connectivity index (χ0n) is 10.3. The fraction of sp³-hybridized carbons (Fsp3) is 0.636. The Morgan fingerprint density at radius 3 is 3.22 bits per heavy atom. The summed E-state index contributed by atoms with van der Waals surface area (Å²) in [5.74, 6) is -0.145. The maximum absolute atomic E-state index is 13.2. The van der Waals surface area contributed by atoms with Crippen molar-refractivity contribution in [3.8, 4) is 5.88 Å². The summed E-state index contributed by atoms with van der Waals surface area (Å²) >= 11 is 0. The molecule has 1 aromatic heterocycles. The van der Waals surface area contributed by atoms with Crippen molar-refractivity contribution in [2.24, 2.45) is 5.73 Å². The minimum atomic E-state index is -0.562. The van der Waals surface area contributed by atoms with Gasteiger partial charge in [-0.2, -0.15) is 9.37 Å². The molecule has 1 aliphatic heterocycles. The summed E-state index contributed by atoms with van der Waals surface area (Å²) in [5.41, 5.74) is 5.51. The Labute approximate surface area is 105 Å². The van der Waals surface area contributed by atoms with E-state index in [1.54, 1.807) is 0 Å². The van der Waals surface area contributed by atoms with Gasteiger partial charge in [0.25, 0.3) is 5.88 Å². The summed E-state index contributed by atoms with van der Waals surface area (Å²) in [6, 6.07) is 0. The first kappa shape index (κ1) is 13.0. The van der Waals surface area contributed by atoms with Gasteiger partial charge < -0.3 is 20.1 Å². The molecule has 0 amide bonds. The van der Waals surface area contributed by atoms with Crippen molar-refractivity contribution in [3.05, 3.63) is 12.0 Å². The molecule has 2 rings (SSSR count). The molecule has 1 fully saturated rings. The van der Waals surface area contributed by atoms with Crippen LogP contribution in [0.15, 0.2) is 6.20 Å². The van der Waals surface area contributed by atoms with Gasteiger partial charge in [0.1, 0.15) is 0 Å². The molecule has 0 spiro atoms. The lowest BCUT2D eigenvalue weighted by atomic mass is 10.2. The molecule has 0 aromatic carbocycles. The van der Waals surface area contributed by atoms with Crippen LogP contribution in [0.25, 0.3) is 0 Å². The molecule has 1 aliphatic rings.